The summed E-state index contributed by atoms with van der Waals surface area (Å²) >= 11 is 0. The van der Waals surface area contributed by atoms with Crippen molar-refractivity contribution in [2.45, 2.75) is 25.5 Å². The zero-order valence-electron chi connectivity index (χ0n) is 18.1. The molecule has 0 radical (unpaired) electrons. The van der Waals surface area contributed by atoms with Gasteiger partial charge in [0, 0.05) is 6.42 Å². The number of para-hydroxylation sites is 2. The summed E-state index contributed by atoms with van der Waals surface area (Å²) in [7, 11) is 0. The smallest absolute Gasteiger partial charge is 0.268 e. The number of halogens is 1. The lowest BCUT2D eigenvalue weighted by Crippen LogP contribution is -2.46. The van der Waals surface area contributed by atoms with Gasteiger partial charge >= 0.3 is 0 Å². The van der Waals surface area contributed by atoms with Crippen molar-refractivity contribution >= 4 is 24.0 Å². The van der Waals surface area contributed by atoms with E-state index in [1.165, 1.54) is 5.56 Å². The van der Waals surface area contributed by atoms with Crippen LogP contribution in [0.2, 0.25) is 0 Å². The number of hydrogen-bond acceptors (Lipinski definition) is 5. The van der Waals surface area contributed by atoms with Crippen molar-refractivity contribution in [3.8, 4) is 17.6 Å². The second-order valence-electron chi connectivity index (χ2n) is 7.63. The highest BCUT2D eigenvalue weighted by atomic mass is 35.5. The van der Waals surface area contributed by atoms with Crippen LogP contribution in [0.5, 0.6) is 11.5 Å². The standard InChI is InChI=1S/C26H25N3O3.ClH/c27-15-13-19-9-11-22(12-10-19)31-16-14-25-26(30)29(23-3-1-2-4-24(23)32-25)18-21-7-5-20(17-28)6-8-21;/h1-12,25H,13-16,18,27H2;1H. The van der Waals surface area contributed by atoms with Gasteiger partial charge in [0.2, 0.25) is 0 Å². The van der Waals surface area contributed by atoms with Gasteiger partial charge in [-0.15, -0.1) is 12.4 Å². The van der Waals surface area contributed by atoms with Crippen LogP contribution in [0.4, 0.5) is 5.69 Å². The van der Waals surface area contributed by atoms with E-state index in [1.54, 1.807) is 17.0 Å². The first-order valence-corrected chi connectivity index (χ1v) is 10.7. The Morgan fingerprint density at radius 1 is 1.00 bits per heavy atom. The molecule has 1 amide bonds. The van der Waals surface area contributed by atoms with E-state index in [-0.39, 0.29) is 18.3 Å². The number of benzene rings is 3. The van der Waals surface area contributed by atoms with Crippen LogP contribution in [0, 0.1) is 11.3 Å². The lowest BCUT2D eigenvalue weighted by Gasteiger charge is -2.34. The number of hydrogen-bond donors (Lipinski definition) is 1. The predicted molar refractivity (Wildman–Crippen MR) is 130 cm³/mol. The molecule has 1 aliphatic heterocycles. The van der Waals surface area contributed by atoms with Gasteiger partial charge in [0.1, 0.15) is 11.5 Å². The van der Waals surface area contributed by atoms with Crippen molar-refractivity contribution in [3.05, 3.63) is 89.5 Å². The first kappa shape index (κ1) is 24.1. The number of amides is 1. The Hall–Kier alpha value is -3.53. The molecule has 2 N–H and O–H groups in total. The van der Waals surface area contributed by atoms with Crippen LogP contribution in [0.1, 0.15) is 23.1 Å². The van der Waals surface area contributed by atoms with Crippen LogP contribution in [0.15, 0.2) is 72.8 Å². The topological polar surface area (TPSA) is 88.6 Å². The van der Waals surface area contributed by atoms with E-state index in [2.05, 4.69) is 6.07 Å². The van der Waals surface area contributed by atoms with Crippen LogP contribution in [0.25, 0.3) is 0 Å². The van der Waals surface area contributed by atoms with Crippen LogP contribution in [-0.2, 0) is 17.8 Å². The zero-order chi connectivity index (χ0) is 22.3. The Morgan fingerprint density at radius 3 is 2.39 bits per heavy atom. The zero-order valence-corrected chi connectivity index (χ0v) is 19.0. The predicted octanol–water partition coefficient (Wildman–Crippen LogP) is 4.24. The van der Waals surface area contributed by atoms with Gasteiger partial charge in [0.25, 0.3) is 5.91 Å². The van der Waals surface area contributed by atoms with Crippen molar-refractivity contribution in [2.24, 2.45) is 5.73 Å². The molecule has 170 valence electrons. The summed E-state index contributed by atoms with van der Waals surface area (Å²) in [6, 6.07) is 24.7. The highest BCUT2D eigenvalue weighted by Crippen LogP contribution is 2.35. The lowest BCUT2D eigenvalue weighted by molar-refractivity contribution is -0.127. The van der Waals surface area contributed by atoms with Gasteiger partial charge in [0.05, 0.1) is 30.5 Å². The first-order chi connectivity index (χ1) is 15.7. The molecular weight excluding hydrogens is 438 g/mol. The fourth-order valence-corrected chi connectivity index (χ4v) is 3.69. The fraction of sp³-hybridized carbons (Fsp3) is 0.231. The average Bonchev–Trinajstić information content (AvgIpc) is 2.83. The van der Waals surface area contributed by atoms with Crippen LogP contribution >= 0.6 is 12.4 Å². The number of nitrogens with zero attached hydrogens (tertiary/aromatic N) is 2. The maximum absolute atomic E-state index is 13.3. The molecule has 1 heterocycles. The van der Waals surface area contributed by atoms with Gasteiger partial charge in [-0.2, -0.15) is 5.26 Å². The van der Waals surface area contributed by atoms with E-state index in [1.807, 2.05) is 60.7 Å². The molecule has 7 heteroatoms. The maximum Gasteiger partial charge on any atom is 0.268 e. The summed E-state index contributed by atoms with van der Waals surface area (Å²) in [6.45, 7) is 1.38. The number of nitrogens with two attached hydrogens (primary N) is 1. The third-order valence-corrected chi connectivity index (χ3v) is 5.40. The highest BCUT2D eigenvalue weighted by molar-refractivity contribution is 5.99. The van der Waals surface area contributed by atoms with Gasteiger partial charge in [-0.3, -0.25) is 4.79 Å². The molecule has 1 aliphatic rings. The molecule has 0 aliphatic carbocycles. The largest absolute Gasteiger partial charge is 0.493 e. The van der Waals surface area contributed by atoms with Gasteiger partial charge in [0.15, 0.2) is 6.10 Å². The minimum absolute atomic E-state index is 0. The van der Waals surface area contributed by atoms with Crippen molar-refractivity contribution < 1.29 is 14.3 Å². The number of nitriles is 1. The summed E-state index contributed by atoms with van der Waals surface area (Å²) in [4.78, 5) is 15.0. The van der Waals surface area contributed by atoms with Crippen LogP contribution in [-0.4, -0.2) is 25.2 Å². The van der Waals surface area contributed by atoms with Crippen molar-refractivity contribution in [1.29, 1.82) is 5.26 Å². The lowest BCUT2D eigenvalue weighted by atomic mass is 10.1. The quantitative estimate of drug-likeness (QED) is 0.539. The number of carbonyl (C=O) groups excluding carboxylic acids is 1. The third kappa shape index (κ3) is 5.83. The van der Waals surface area contributed by atoms with Crippen LogP contribution < -0.4 is 20.1 Å². The SMILES string of the molecule is Cl.N#Cc1ccc(CN2C(=O)C(CCOc3ccc(CCN)cc3)Oc3ccccc32)cc1. The molecule has 0 spiro atoms. The van der Waals surface area contributed by atoms with Crippen molar-refractivity contribution in [3.63, 3.8) is 0 Å². The fourth-order valence-electron chi connectivity index (χ4n) is 3.69. The maximum atomic E-state index is 13.3. The first-order valence-electron chi connectivity index (χ1n) is 10.7. The second kappa shape index (κ2) is 11.4. The molecule has 0 bridgehead atoms. The minimum atomic E-state index is -0.625. The number of rotatable bonds is 8. The molecular formula is C26H26ClN3O3. The molecule has 0 saturated heterocycles. The average molecular weight is 464 g/mol. The molecule has 4 rings (SSSR count). The third-order valence-electron chi connectivity index (χ3n) is 5.40. The molecule has 33 heavy (non-hydrogen) atoms. The molecule has 1 atom stereocenters. The summed E-state index contributed by atoms with van der Waals surface area (Å²) < 4.78 is 11.9. The number of carbonyl (C=O) groups is 1. The van der Waals surface area contributed by atoms with Gasteiger partial charge in [-0.05, 0) is 60.5 Å². The molecule has 1 unspecified atom stereocenters. The van der Waals surface area contributed by atoms with E-state index in [0.717, 1.165) is 23.4 Å². The minimum Gasteiger partial charge on any atom is -0.493 e. The van der Waals surface area contributed by atoms with E-state index < -0.39 is 6.10 Å². The molecule has 3 aromatic carbocycles. The molecule has 0 saturated carbocycles. The van der Waals surface area contributed by atoms with Crippen molar-refractivity contribution in [2.75, 3.05) is 18.1 Å². The van der Waals surface area contributed by atoms with Gasteiger partial charge in [-0.25, -0.2) is 0 Å². The molecule has 0 fully saturated rings. The Morgan fingerprint density at radius 2 is 1.70 bits per heavy atom. The van der Waals surface area contributed by atoms with Gasteiger partial charge < -0.3 is 20.1 Å². The summed E-state index contributed by atoms with van der Waals surface area (Å²) in [5, 5.41) is 9.01. The summed E-state index contributed by atoms with van der Waals surface area (Å²) in [5.74, 6) is 1.33. The second-order valence-corrected chi connectivity index (χ2v) is 7.63. The Kier molecular flexibility index (Phi) is 8.31. The van der Waals surface area contributed by atoms with E-state index in [9.17, 15) is 4.79 Å². The molecule has 0 aromatic heterocycles. The normalized spacial score (nSPS) is 14.5. The van der Waals surface area contributed by atoms with Gasteiger partial charge in [-0.1, -0.05) is 36.4 Å². The molecule has 6 nitrogen and oxygen atoms in total. The van der Waals surface area contributed by atoms with E-state index in [4.69, 9.17) is 20.5 Å². The number of anilines is 1. The van der Waals surface area contributed by atoms with Crippen LogP contribution in [0.3, 0.4) is 0 Å². The Balaban J connectivity index is 0.00000306. The summed E-state index contributed by atoms with van der Waals surface area (Å²) in [6.07, 6.45) is 0.639. The Labute approximate surface area is 199 Å². The van der Waals surface area contributed by atoms with Crippen molar-refractivity contribution in [1.82, 2.24) is 0 Å². The van der Waals surface area contributed by atoms with E-state index in [0.29, 0.717) is 37.4 Å². The monoisotopic (exact) mass is 463 g/mol. The molecule has 3 aromatic rings. The number of ether oxygens (including phenoxy) is 2. The highest BCUT2D eigenvalue weighted by Gasteiger charge is 2.34. The number of fused-ring (bicyclic) bond motifs is 1. The Bertz CT molecular complexity index is 1110. The summed E-state index contributed by atoms with van der Waals surface area (Å²) in [5.41, 5.74) is 9.04. The van der Waals surface area contributed by atoms with E-state index >= 15 is 0 Å².